The molecule has 0 bridgehead atoms. The Kier molecular flexibility index (Phi) is 7.64. The van der Waals surface area contributed by atoms with Crippen LogP contribution in [0.5, 0.6) is 0 Å². The zero-order chi connectivity index (χ0) is 19.3. The largest absolute Gasteiger partial charge is 0.331 e. The van der Waals surface area contributed by atoms with E-state index >= 15 is 0 Å². The summed E-state index contributed by atoms with van der Waals surface area (Å²) in [6, 6.07) is 3.68. The zero-order valence-electron chi connectivity index (χ0n) is 15.9. The van der Waals surface area contributed by atoms with Crippen molar-refractivity contribution < 1.29 is 4.79 Å². The number of carbonyl (C=O) groups is 1. The molecule has 1 aliphatic rings. The van der Waals surface area contributed by atoms with Crippen LogP contribution in [0.1, 0.15) is 50.3 Å². The quantitative estimate of drug-likeness (QED) is 0.761. The van der Waals surface area contributed by atoms with Gasteiger partial charge in [0.2, 0.25) is 0 Å². The third-order valence-corrected chi connectivity index (χ3v) is 5.77. The van der Waals surface area contributed by atoms with E-state index in [2.05, 4.69) is 29.1 Å². The molecular weight excluding hydrogens is 369 g/mol. The first-order valence-electron chi connectivity index (χ1n) is 9.03. The van der Waals surface area contributed by atoms with Gasteiger partial charge in [0.05, 0.1) is 16.1 Å². The normalized spacial score (nSPS) is 16.5. The Morgan fingerprint density at radius 2 is 2.00 bits per heavy atom. The maximum atomic E-state index is 12.6. The predicted octanol–water partition coefficient (Wildman–Crippen LogP) is 4.55. The standard InChI is InChI=1S/C20H27Cl2N3O/c1-5-6-7-15-8-9-17(19(22)18(15)21)14(2)23-20(26)25(4)16-10-12-24(3)13-11-16/h8-9,14,16H,5,10-13H2,1-4H3,(H,23,26). The van der Waals surface area contributed by atoms with Gasteiger partial charge in [0.1, 0.15) is 0 Å². The summed E-state index contributed by atoms with van der Waals surface area (Å²) in [6.07, 6.45) is 2.74. The molecule has 1 N–H and O–H groups in total. The van der Waals surface area contributed by atoms with Crippen LogP contribution in [-0.2, 0) is 0 Å². The van der Waals surface area contributed by atoms with E-state index < -0.39 is 0 Å². The van der Waals surface area contributed by atoms with Crippen LogP contribution in [-0.4, -0.2) is 49.1 Å². The molecule has 142 valence electrons. The highest BCUT2D eigenvalue weighted by molar-refractivity contribution is 6.43. The minimum Gasteiger partial charge on any atom is -0.331 e. The van der Waals surface area contributed by atoms with Gasteiger partial charge < -0.3 is 15.1 Å². The van der Waals surface area contributed by atoms with Crippen molar-refractivity contribution in [2.75, 3.05) is 27.2 Å². The highest BCUT2D eigenvalue weighted by Crippen LogP contribution is 2.32. The molecule has 0 spiro atoms. The summed E-state index contributed by atoms with van der Waals surface area (Å²) in [5, 5.41) is 3.92. The van der Waals surface area contributed by atoms with Gasteiger partial charge in [0.25, 0.3) is 0 Å². The van der Waals surface area contributed by atoms with Crippen LogP contribution in [0.2, 0.25) is 10.0 Å². The van der Waals surface area contributed by atoms with Crippen LogP contribution in [0, 0.1) is 11.8 Å². The molecule has 0 aliphatic carbocycles. The minimum absolute atomic E-state index is 0.0888. The molecule has 26 heavy (non-hydrogen) atoms. The number of likely N-dealkylation sites (tertiary alicyclic amines) is 1. The lowest BCUT2D eigenvalue weighted by molar-refractivity contribution is 0.146. The van der Waals surface area contributed by atoms with Gasteiger partial charge in [-0.15, -0.1) is 0 Å². The number of amides is 2. The number of urea groups is 1. The topological polar surface area (TPSA) is 35.6 Å². The highest BCUT2D eigenvalue weighted by Gasteiger charge is 2.25. The molecule has 0 radical (unpaired) electrons. The molecule has 1 unspecified atom stereocenters. The Hall–Kier alpha value is -1.41. The Morgan fingerprint density at radius 1 is 1.35 bits per heavy atom. The Morgan fingerprint density at radius 3 is 2.62 bits per heavy atom. The molecule has 1 fully saturated rings. The van der Waals surface area contributed by atoms with Crippen LogP contribution in [0.25, 0.3) is 0 Å². The highest BCUT2D eigenvalue weighted by atomic mass is 35.5. The third-order valence-electron chi connectivity index (χ3n) is 4.87. The molecule has 1 aromatic rings. The van der Waals surface area contributed by atoms with Gasteiger partial charge in [-0.05, 0) is 51.5 Å². The zero-order valence-corrected chi connectivity index (χ0v) is 17.4. The number of rotatable bonds is 3. The number of halogens is 2. The van der Waals surface area contributed by atoms with Crippen molar-refractivity contribution in [3.63, 3.8) is 0 Å². The molecular formula is C20H27Cl2N3O. The number of nitrogens with one attached hydrogen (secondary N) is 1. The van der Waals surface area contributed by atoms with Crippen molar-refractivity contribution in [2.24, 2.45) is 0 Å². The predicted molar refractivity (Wildman–Crippen MR) is 109 cm³/mol. The smallest absolute Gasteiger partial charge is 0.317 e. The lowest BCUT2D eigenvalue weighted by Crippen LogP contribution is -2.48. The van der Waals surface area contributed by atoms with Gasteiger partial charge in [-0.3, -0.25) is 0 Å². The second-order valence-electron chi connectivity index (χ2n) is 6.80. The van der Waals surface area contributed by atoms with E-state index in [1.807, 2.05) is 33.0 Å². The maximum absolute atomic E-state index is 12.6. The fraction of sp³-hybridized carbons (Fsp3) is 0.550. The van der Waals surface area contributed by atoms with E-state index in [0.29, 0.717) is 15.6 Å². The van der Waals surface area contributed by atoms with Crippen molar-refractivity contribution in [2.45, 2.75) is 45.2 Å². The number of piperidine rings is 1. The van der Waals surface area contributed by atoms with Crippen LogP contribution in [0.3, 0.4) is 0 Å². The van der Waals surface area contributed by atoms with E-state index in [-0.39, 0.29) is 18.1 Å². The van der Waals surface area contributed by atoms with E-state index in [9.17, 15) is 4.79 Å². The first-order chi connectivity index (χ1) is 12.3. The van der Waals surface area contributed by atoms with Crippen LogP contribution >= 0.6 is 23.2 Å². The number of nitrogens with zero attached hydrogens (tertiary/aromatic N) is 2. The van der Waals surface area contributed by atoms with Crippen molar-refractivity contribution in [3.8, 4) is 11.8 Å². The average molecular weight is 396 g/mol. The molecule has 2 amide bonds. The lowest BCUT2D eigenvalue weighted by Gasteiger charge is -2.35. The van der Waals surface area contributed by atoms with Crippen LogP contribution in [0.15, 0.2) is 12.1 Å². The van der Waals surface area contributed by atoms with Crippen molar-refractivity contribution in [1.29, 1.82) is 0 Å². The van der Waals surface area contributed by atoms with Crippen LogP contribution in [0.4, 0.5) is 4.79 Å². The molecule has 1 atom stereocenters. The number of hydrogen-bond acceptors (Lipinski definition) is 2. The molecule has 1 saturated heterocycles. The summed E-state index contributed by atoms with van der Waals surface area (Å²) in [7, 11) is 3.97. The molecule has 6 heteroatoms. The van der Waals surface area contributed by atoms with Crippen LogP contribution < -0.4 is 5.32 Å². The van der Waals surface area contributed by atoms with E-state index in [4.69, 9.17) is 23.2 Å². The average Bonchev–Trinajstić information content (AvgIpc) is 2.62. The summed E-state index contributed by atoms with van der Waals surface area (Å²) in [4.78, 5) is 16.7. The Balaban J connectivity index is 2.06. The summed E-state index contributed by atoms with van der Waals surface area (Å²) in [6.45, 7) is 5.92. The summed E-state index contributed by atoms with van der Waals surface area (Å²) >= 11 is 12.8. The van der Waals surface area contributed by atoms with Crippen molar-refractivity contribution in [1.82, 2.24) is 15.1 Å². The molecule has 1 aromatic carbocycles. The van der Waals surface area contributed by atoms with E-state index in [0.717, 1.165) is 37.9 Å². The van der Waals surface area contributed by atoms with Gasteiger partial charge in [-0.1, -0.05) is 48.0 Å². The van der Waals surface area contributed by atoms with E-state index in [1.165, 1.54) is 0 Å². The van der Waals surface area contributed by atoms with Gasteiger partial charge in [0, 0.05) is 25.1 Å². The molecule has 1 heterocycles. The molecule has 4 nitrogen and oxygen atoms in total. The maximum Gasteiger partial charge on any atom is 0.317 e. The van der Waals surface area contributed by atoms with E-state index in [1.54, 1.807) is 4.90 Å². The molecule has 2 rings (SSSR count). The second-order valence-corrected chi connectivity index (χ2v) is 7.56. The Labute approximate surface area is 166 Å². The monoisotopic (exact) mass is 395 g/mol. The molecule has 0 saturated carbocycles. The minimum atomic E-state index is -0.241. The first-order valence-corrected chi connectivity index (χ1v) is 9.79. The fourth-order valence-corrected chi connectivity index (χ4v) is 3.64. The first kappa shape index (κ1) is 20.9. The van der Waals surface area contributed by atoms with Gasteiger partial charge in [-0.25, -0.2) is 4.79 Å². The number of carbonyl (C=O) groups excluding carboxylic acids is 1. The summed E-state index contributed by atoms with van der Waals surface area (Å²) in [5.41, 5.74) is 1.51. The SMILES string of the molecule is CCC#Cc1ccc(C(C)NC(=O)N(C)C2CCN(C)CC2)c(Cl)c1Cl. The van der Waals surface area contributed by atoms with Gasteiger partial charge >= 0.3 is 6.03 Å². The van der Waals surface area contributed by atoms with Crippen molar-refractivity contribution in [3.05, 3.63) is 33.3 Å². The molecule has 1 aliphatic heterocycles. The third kappa shape index (κ3) is 5.07. The Bertz CT molecular complexity index is 703. The number of benzene rings is 1. The van der Waals surface area contributed by atoms with Gasteiger partial charge in [0.15, 0.2) is 0 Å². The van der Waals surface area contributed by atoms with Crippen molar-refractivity contribution >= 4 is 29.2 Å². The summed E-state index contributed by atoms with van der Waals surface area (Å²) in [5.74, 6) is 6.00. The fourth-order valence-electron chi connectivity index (χ4n) is 3.09. The summed E-state index contributed by atoms with van der Waals surface area (Å²) < 4.78 is 0. The lowest BCUT2D eigenvalue weighted by atomic mass is 10.0. The van der Waals surface area contributed by atoms with Gasteiger partial charge in [-0.2, -0.15) is 0 Å². The second kappa shape index (κ2) is 9.50. The number of hydrogen-bond donors (Lipinski definition) is 1. The molecule has 0 aromatic heterocycles.